The first kappa shape index (κ1) is 26.9. The lowest BCUT2D eigenvalue weighted by Gasteiger charge is -2.22. The van der Waals surface area contributed by atoms with Crippen LogP contribution in [0.25, 0.3) is 0 Å². The van der Waals surface area contributed by atoms with Crippen LogP contribution >= 0.6 is 0 Å². The summed E-state index contributed by atoms with van der Waals surface area (Å²) < 4.78 is 21.4. The van der Waals surface area contributed by atoms with Crippen LogP contribution in [-0.4, -0.2) is 43.1 Å². The second-order valence-electron chi connectivity index (χ2n) is 7.64. The fourth-order valence-electron chi connectivity index (χ4n) is 2.26. The quantitative estimate of drug-likeness (QED) is 0.559. The summed E-state index contributed by atoms with van der Waals surface area (Å²) in [6, 6.07) is 9.64. The van der Waals surface area contributed by atoms with Crippen molar-refractivity contribution in [3.63, 3.8) is 0 Å². The lowest BCUT2D eigenvalue weighted by molar-refractivity contribution is -0.116. The van der Waals surface area contributed by atoms with Gasteiger partial charge in [0.25, 0.3) is 0 Å². The van der Waals surface area contributed by atoms with Crippen LogP contribution in [0.4, 0.5) is 0 Å². The van der Waals surface area contributed by atoms with Crippen molar-refractivity contribution >= 4 is 0 Å². The summed E-state index contributed by atoms with van der Waals surface area (Å²) >= 11 is 0. The molecule has 5 nitrogen and oxygen atoms in total. The fourth-order valence-corrected chi connectivity index (χ4v) is 2.26. The van der Waals surface area contributed by atoms with Crippen LogP contribution in [0.2, 0.25) is 0 Å². The van der Waals surface area contributed by atoms with Gasteiger partial charge in [-0.2, -0.15) is 0 Å². The average Bonchev–Trinajstić information content (AvgIpc) is 2.63. The summed E-state index contributed by atoms with van der Waals surface area (Å²) in [7, 11) is 0. The Bertz CT molecular complexity index is 431. The second-order valence-corrected chi connectivity index (χ2v) is 7.64. The highest BCUT2D eigenvalue weighted by molar-refractivity contribution is 5.20. The molecule has 0 spiro atoms. The highest BCUT2D eigenvalue weighted by atomic mass is 16.7. The molecule has 0 bridgehead atoms. The van der Waals surface area contributed by atoms with Crippen molar-refractivity contribution in [1.82, 2.24) is 0 Å². The monoisotopic (exact) mass is 400 g/mol. The Labute approximate surface area is 173 Å². The summed E-state index contributed by atoms with van der Waals surface area (Å²) in [5.74, 6) is 0.846. The molecule has 1 aromatic rings. The standard InChI is InChI=1S/C10H20O2.C10H14O2.C3H8O.H2/c2*1-9(2)11-8-12-10-6-4-3-5-7-10;1-3(2)4;/h9-10H,3-8H2,1-2H3;3-7,9H,8H2,1-2H3;3-4H,1-2H3;1H. The molecule has 1 saturated carbocycles. The van der Waals surface area contributed by atoms with Gasteiger partial charge in [0.1, 0.15) is 12.5 Å². The molecule has 0 amide bonds. The zero-order valence-corrected chi connectivity index (χ0v) is 18.7. The maximum atomic E-state index is 8.06. The first-order chi connectivity index (χ1) is 13.3. The van der Waals surface area contributed by atoms with Crippen LogP contribution in [0.5, 0.6) is 5.75 Å². The van der Waals surface area contributed by atoms with Crippen LogP contribution < -0.4 is 4.74 Å². The van der Waals surface area contributed by atoms with Crippen molar-refractivity contribution in [3.05, 3.63) is 30.3 Å². The van der Waals surface area contributed by atoms with Gasteiger partial charge in [0.05, 0.1) is 18.3 Å². The van der Waals surface area contributed by atoms with Gasteiger partial charge in [-0.25, -0.2) is 0 Å². The molecule has 1 aromatic carbocycles. The molecule has 0 unspecified atom stereocenters. The van der Waals surface area contributed by atoms with Crippen LogP contribution in [-0.2, 0) is 14.2 Å². The number of para-hydroxylation sites is 1. The number of rotatable bonds is 8. The van der Waals surface area contributed by atoms with Gasteiger partial charge in [0.15, 0.2) is 6.79 Å². The lowest BCUT2D eigenvalue weighted by atomic mass is 9.98. The molecular formula is C23H44O5. The van der Waals surface area contributed by atoms with Gasteiger partial charge in [-0.1, -0.05) is 37.5 Å². The van der Waals surface area contributed by atoms with Gasteiger partial charge >= 0.3 is 0 Å². The van der Waals surface area contributed by atoms with E-state index in [1.54, 1.807) is 13.8 Å². The van der Waals surface area contributed by atoms with E-state index in [-0.39, 0.29) is 19.7 Å². The first-order valence-electron chi connectivity index (χ1n) is 10.5. The van der Waals surface area contributed by atoms with Crippen molar-refractivity contribution < 1.29 is 25.5 Å². The molecule has 0 saturated heterocycles. The van der Waals surface area contributed by atoms with E-state index in [0.29, 0.717) is 19.7 Å². The molecule has 5 heteroatoms. The van der Waals surface area contributed by atoms with Gasteiger partial charge in [0, 0.05) is 7.53 Å². The third-order valence-corrected chi connectivity index (χ3v) is 3.63. The van der Waals surface area contributed by atoms with Crippen LogP contribution in [0.15, 0.2) is 30.3 Å². The van der Waals surface area contributed by atoms with Gasteiger partial charge in [0.2, 0.25) is 0 Å². The van der Waals surface area contributed by atoms with E-state index in [1.165, 1.54) is 32.1 Å². The summed E-state index contributed by atoms with van der Waals surface area (Å²) in [6.45, 7) is 12.3. The van der Waals surface area contributed by atoms with E-state index >= 15 is 0 Å². The van der Waals surface area contributed by atoms with Crippen LogP contribution in [0, 0.1) is 0 Å². The van der Waals surface area contributed by atoms with Crippen LogP contribution in [0.3, 0.4) is 0 Å². The molecular weight excluding hydrogens is 356 g/mol. The molecule has 0 aliphatic heterocycles. The topological polar surface area (TPSA) is 57.2 Å². The van der Waals surface area contributed by atoms with Crippen molar-refractivity contribution in [2.75, 3.05) is 13.6 Å². The smallest absolute Gasteiger partial charge is 0.189 e. The zero-order valence-electron chi connectivity index (χ0n) is 18.7. The molecule has 0 radical (unpaired) electrons. The SMILES string of the molecule is CC(C)O.CC(C)OCOC1CCCCC1.CC(C)OCOc1ccccc1.[HH]. The van der Waals surface area contributed by atoms with E-state index in [0.717, 1.165) is 5.75 Å². The van der Waals surface area contributed by atoms with Crippen molar-refractivity contribution in [3.8, 4) is 5.75 Å². The minimum Gasteiger partial charge on any atom is -0.468 e. The number of aliphatic hydroxyl groups excluding tert-OH is 1. The molecule has 28 heavy (non-hydrogen) atoms. The average molecular weight is 401 g/mol. The minimum atomic E-state index is -0.167. The van der Waals surface area contributed by atoms with E-state index in [2.05, 4.69) is 0 Å². The predicted molar refractivity (Wildman–Crippen MR) is 117 cm³/mol. The number of benzene rings is 1. The van der Waals surface area contributed by atoms with Gasteiger partial charge < -0.3 is 24.1 Å². The third kappa shape index (κ3) is 19.6. The summed E-state index contributed by atoms with van der Waals surface area (Å²) in [5.41, 5.74) is 0. The van der Waals surface area contributed by atoms with Gasteiger partial charge in [-0.3, -0.25) is 0 Å². The molecule has 0 heterocycles. The Morgan fingerprint density at radius 1 is 0.857 bits per heavy atom. The Kier molecular flexibility index (Phi) is 17.2. The molecule has 1 aliphatic carbocycles. The maximum Gasteiger partial charge on any atom is 0.189 e. The van der Waals surface area contributed by atoms with E-state index < -0.39 is 0 Å². The van der Waals surface area contributed by atoms with E-state index in [4.69, 9.17) is 24.1 Å². The Hall–Kier alpha value is -1.14. The maximum absolute atomic E-state index is 8.06. The lowest BCUT2D eigenvalue weighted by Crippen LogP contribution is -2.19. The Balaban J connectivity index is 0. The number of hydrogen-bond acceptors (Lipinski definition) is 5. The first-order valence-corrected chi connectivity index (χ1v) is 10.5. The van der Waals surface area contributed by atoms with Crippen molar-refractivity contribution in [1.29, 1.82) is 0 Å². The van der Waals surface area contributed by atoms with Crippen LogP contribution in [0.1, 0.15) is 75.1 Å². The van der Waals surface area contributed by atoms with Gasteiger partial charge in [-0.15, -0.1) is 0 Å². The highest BCUT2D eigenvalue weighted by Gasteiger charge is 2.13. The summed E-state index contributed by atoms with van der Waals surface area (Å²) in [4.78, 5) is 0. The van der Waals surface area contributed by atoms with E-state index in [9.17, 15) is 0 Å². The summed E-state index contributed by atoms with van der Waals surface area (Å²) in [6.07, 6.45) is 7.28. The zero-order chi connectivity index (χ0) is 21.2. The van der Waals surface area contributed by atoms with Crippen molar-refractivity contribution in [2.45, 2.75) is 98.1 Å². The fraction of sp³-hybridized carbons (Fsp3) is 0.739. The molecule has 166 valence electrons. The van der Waals surface area contributed by atoms with Gasteiger partial charge in [-0.05, 0) is 66.5 Å². The molecule has 1 N–H and O–H groups in total. The number of ether oxygens (including phenoxy) is 4. The molecule has 1 aliphatic rings. The molecule has 0 atom stereocenters. The van der Waals surface area contributed by atoms with E-state index in [1.807, 2.05) is 58.0 Å². The number of aliphatic hydroxyl groups is 1. The Morgan fingerprint density at radius 3 is 1.86 bits per heavy atom. The molecule has 2 rings (SSSR count). The normalized spacial score (nSPS) is 14.4. The highest BCUT2D eigenvalue weighted by Crippen LogP contribution is 2.20. The molecule has 1 fully saturated rings. The minimum absolute atomic E-state index is 0. The second kappa shape index (κ2) is 17.9. The molecule has 0 aromatic heterocycles. The summed E-state index contributed by atoms with van der Waals surface area (Å²) in [5, 5.41) is 8.06. The largest absolute Gasteiger partial charge is 0.468 e. The van der Waals surface area contributed by atoms with Crippen molar-refractivity contribution in [2.24, 2.45) is 0 Å². The Morgan fingerprint density at radius 2 is 1.36 bits per heavy atom. The third-order valence-electron chi connectivity index (χ3n) is 3.63. The predicted octanol–water partition coefficient (Wildman–Crippen LogP) is 5.80. The number of hydrogen-bond donors (Lipinski definition) is 1.